The molecule has 2 N–H and O–H groups in total. The van der Waals surface area contributed by atoms with Crippen LogP contribution in [0.2, 0.25) is 0 Å². The number of rotatable bonds is 5. The number of amides is 1. The van der Waals surface area contributed by atoms with Crippen LogP contribution in [0, 0.1) is 5.41 Å². The van der Waals surface area contributed by atoms with Gasteiger partial charge in [0, 0.05) is 7.11 Å². The molecule has 0 aliphatic carbocycles. The maximum absolute atomic E-state index is 12.8. The van der Waals surface area contributed by atoms with Gasteiger partial charge in [-0.3, -0.25) is 4.79 Å². The molecule has 0 unspecified atom stereocenters. The molecule has 1 fully saturated rings. The van der Waals surface area contributed by atoms with Crippen LogP contribution in [0.4, 0.5) is 5.69 Å². The molecule has 1 aliphatic heterocycles. The van der Waals surface area contributed by atoms with Gasteiger partial charge >= 0.3 is 0 Å². The van der Waals surface area contributed by atoms with Crippen molar-refractivity contribution in [1.29, 1.82) is 0 Å². The Labute approximate surface area is 148 Å². The number of halogens is 1. The van der Waals surface area contributed by atoms with Crippen LogP contribution in [0.25, 0.3) is 5.69 Å². The van der Waals surface area contributed by atoms with E-state index in [9.17, 15) is 4.79 Å². The molecule has 24 heavy (non-hydrogen) atoms. The van der Waals surface area contributed by atoms with Crippen molar-refractivity contribution < 1.29 is 9.53 Å². The lowest BCUT2D eigenvalue weighted by atomic mass is 9.78. The number of piperidine rings is 1. The van der Waals surface area contributed by atoms with Gasteiger partial charge in [0.1, 0.15) is 0 Å². The van der Waals surface area contributed by atoms with E-state index in [1.165, 1.54) is 0 Å². The molecular weight excluding hydrogens is 328 g/mol. The van der Waals surface area contributed by atoms with Crippen molar-refractivity contribution in [3.63, 3.8) is 0 Å². The van der Waals surface area contributed by atoms with Crippen LogP contribution in [0.5, 0.6) is 0 Å². The largest absolute Gasteiger partial charge is 0.384 e. The Hall–Kier alpha value is -1.89. The van der Waals surface area contributed by atoms with Crippen LogP contribution in [0.1, 0.15) is 12.8 Å². The highest BCUT2D eigenvalue weighted by Gasteiger charge is 2.39. The lowest BCUT2D eigenvalue weighted by molar-refractivity contribution is -0.130. The van der Waals surface area contributed by atoms with Crippen molar-refractivity contribution in [2.45, 2.75) is 12.8 Å². The number of hydrogen-bond donors (Lipinski definition) is 2. The van der Waals surface area contributed by atoms with Crippen LogP contribution in [-0.2, 0) is 9.53 Å². The van der Waals surface area contributed by atoms with Crippen LogP contribution in [-0.4, -0.2) is 42.5 Å². The van der Waals surface area contributed by atoms with Crippen LogP contribution < -0.4 is 10.6 Å². The van der Waals surface area contributed by atoms with Crippen molar-refractivity contribution >= 4 is 24.0 Å². The minimum atomic E-state index is -0.463. The van der Waals surface area contributed by atoms with Gasteiger partial charge in [-0.15, -0.1) is 12.4 Å². The number of anilines is 1. The molecule has 7 heteroatoms. The van der Waals surface area contributed by atoms with Crippen molar-refractivity contribution in [1.82, 2.24) is 15.1 Å². The number of benzene rings is 1. The summed E-state index contributed by atoms with van der Waals surface area (Å²) in [5.74, 6) is 0.00783. The summed E-state index contributed by atoms with van der Waals surface area (Å²) < 4.78 is 7.06. The van der Waals surface area contributed by atoms with E-state index < -0.39 is 5.41 Å². The number of ether oxygens (including phenoxy) is 1. The monoisotopic (exact) mass is 350 g/mol. The first-order chi connectivity index (χ1) is 11.2. The fourth-order valence-corrected chi connectivity index (χ4v) is 2.99. The smallest absolute Gasteiger partial charge is 0.233 e. The molecule has 1 amide bonds. The zero-order valence-electron chi connectivity index (χ0n) is 13.7. The van der Waals surface area contributed by atoms with Gasteiger partial charge in [-0.2, -0.15) is 5.10 Å². The summed E-state index contributed by atoms with van der Waals surface area (Å²) in [4.78, 5) is 12.8. The highest BCUT2D eigenvalue weighted by atomic mass is 35.5. The van der Waals surface area contributed by atoms with Crippen molar-refractivity contribution in [2.24, 2.45) is 5.41 Å². The molecule has 6 nitrogen and oxygen atoms in total. The Bertz CT molecular complexity index is 648. The Balaban J connectivity index is 0.00000208. The molecule has 1 aliphatic rings. The van der Waals surface area contributed by atoms with Gasteiger partial charge in [-0.05, 0) is 38.1 Å². The fraction of sp³-hybridized carbons (Fsp3) is 0.412. The molecule has 0 bridgehead atoms. The summed E-state index contributed by atoms with van der Waals surface area (Å²) in [6.45, 7) is 2.10. The normalized spacial score (nSPS) is 16.2. The molecule has 1 aromatic heterocycles. The van der Waals surface area contributed by atoms with E-state index in [4.69, 9.17) is 4.74 Å². The Morgan fingerprint density at radius 2 is 2.04 bits per heavy atom. The lowest BCUT2D eigenvalue weighted by Gasteiger charge is -2.35. The van der Waals surface area contributed by atoms with Crippen LogP contribution >= 0.6 is 12.4 Å². The fourth-order valence-electron chi connectivity index (χ4n) is 2.99. The third-order valence-electron chi connectivity index (χ3n) is 4.32. The summed E-state index contributed by atoms with van der Waals surface area (Å²) in [6, 6.07) is 9.81. The Kier molecular flexibility index (Phi) is 6.36. The SMILES string of the molecule is COCC1(C(=O)Nc2cnn(-c3ccccc3)c2)CCNCC1.Cl. The molecule has 1 saturated heterocycles. The molecule has 2 heterocycles. The third kappa shape index (κ3) is 3.95. The number of nitrogens with zero attached hydrogens (tertiary/aromatic N) is 2. The van der Waals surface area contributed by atoms with Gasteiger partial charge < -0.3 is 15.4 Å². The number of para-hydroxylation sites is 1. The number of methoxy groups -OCH3 is 1. The highest BCUT2D eigenvalue weighted by molar-refractivity contribution is 5.95. The molecule has 0 atom stereocenters. The topological polar surface area (TPSA) is 68.2 Å². The summed E-state index contributed by atoms with van der Waals surface area (Å²) in [7, 11) is 1.64. The maximum atomic E-state index is 12.8. The second kappa shape index (κ2) is 8.28. The minimum Gasteiger partial charge on any atom is -0.384 e. The number of hydrogen-bond acceptors (Lipinski definition) is 4. The highest BCUT2D eigenvalue weighted by Crippen LogP contribution is 2.30. The number of nitrogens with one attached hydrogen (secondary N) is 2. The van der Waals surface area contributed by atoms with E-state index in [2.05, 4.69) is 15.7 Å². The molecule has 1 aromatic carbocycles. The van der Waals surface area contributed by atoms with Gasteiger partial charge in [-0.1, -0.05) is 18.2 Å². The number of aromatic nitrogens is 2. The van der Waals surface area contributed by atoms with Crippen molar-refractivity contribution in [3.05, 3.63) is 42.7 Å². The van der Waals surface area contributed by atoms with Gasteiger partial charge in [0.25, 0.3) is 0 Å². The second-order valence-corrected chi connectivity index (χ2v) is 5.93. The van der Waals surface area contributed by atoms with E-state index in [0.717, 1.165) is 31.6 Å². The molecule has 2 aromatic rings. The minimum absolute atomic E-state index is 0. The molecule has 0 spiro atoms. The van der Waals surface area contributed by atoms with E-state index >= 15 is 0 Å². The first-order valence-electron chi connectivity index (χ1n) is 7.85. The summed E-state index contributed by atoms with van der Waals surface area (Å²) in [5, 5.41) is 10.6. The van der Waals surface area contributed by atoms with Crippen molar-refractivity contribution in [2.75, 3.05) is 32.1 Å². The molecule has 3 rings (SSSR count). The quantitative estimate of drug-likeness (QED) is 0.867. The number of carbonyl (C=O) groups is 1. The van der Waals surface area contributed by atoms with Crippen molar-refractivity contribution in [3.8, 4) is 5.69 Å². The first-order valence-corrected chi connectivity index (χ1v) is 7.85. The van der Waals surface area contributed by atoms with Crippen LogP contribution in [0.15, 0.2) is 42.7 Å². The number of carbonyl (C=O) groups excluding carboxylic acids is 1. The average Bonchev–Trinajstić information content (AvgIpc) is 3.05. The molecule has 0 radical (unpaired) electrons. The van der Waals surface area contributed by atoms with E-state index in [0.29, 0.717) is 12.3 Å². The van der Waals surface area contributed by atoms with Gasteiger partial charge in [-0.25, -0.2) is 4.68 Å². The average molecular weight is 351 g/mol. The summed E-state index contributed by atoms with van der Waals surface area (Å²) in [6.07, 6.45) is 5.06. The second-order valence-electron chi connectivity index (χ2n) is 5.93. The molecule has 130 valence electrons. The Morgan fingerprint density at radius 1 is 1.33 bits per heavy atom. The van der Waals surface area contributed by atoms with E-state index in [1.807, 2.05) is 36.5 Å². The zero-order valence-corrected chi connectivity index (χ0v) is 14.5. The summed E-state index contributed by atoms with van der Waals surface area (Å²) in [5.41, 5.74) is 1.20. The first kappa shape index (κ1) is 18.4. The summed E-state index contributed by atoms with van der Waals surface area (Å²) >= 11 is 0. The maximum Gasteiger partial charge on any atom is 0.233 e. The van der Waals surface area contributed by atoms with E-state index in [1.54, 1.807) is 18.0 Å². The standard InChI is InChI=1S/C17H22N4O2.ClH/c1-23-13-17(7-9-18-10-8-17)16(22)20-14-11-19-21(12-14)15-5-3-2-4-6-15;/h2-6,11-12,18H,7-10,13H2,1H3,(H,20,22);1H. The molecule has 0 saturated carbocycles. The Morgan fingerprint density at radius 3 is 2.71 bits per heavy atom. The molecular formula is C17H23ClN4O2. The predicted molar refractivity (Wildman–Crippen MR) is 95.9 cm³/mol. The zero-order chi connectivity index (χ0) is 16.1. The van der Waals surface area contributed by atoms with Gasteiger partial charge in [0.2, 0.25) is 5.91 Å². The third-order valence-corrected chi connectivity index (χ3v) is 4.32. The van der Waals surface area contributed by atoms with E-state index in [-0.39, 0.29) is 18.3 Å². The predicted octanol–water partition coefficient (Wildman–Crippen LogP) is 2.25. The van der Waals surface area contributed by atoms with Gasteiger partial charge in [0.05, 0.1) is 35.8 Å². The van der Waals surface area contributed by atoms with Gasteiger partial charge in [0.15, 0.2) is 0 Å². The van der Waals surface area contributed by atoms with Crippen LogP contribution in [0.3, 0.4) is 0 Å². The lowest BCUT2D eigenvalue weighted by Crippen LogP contribution is -2.47.